The lowest BCUT2D eigenvalue weighted by Crippen LogP contribution is -2.04. The van der Waals surface area contributed by atoms with Crippen molar-refractivity contribution in [2.24, 2.45) is 0 Å². The Morgan fingerprint density at radius 1 is 1.24 bits per heavy atom. The maximum absolute atomic E-state index is 14.1. The first kappa shape index (κ1) is 14.4. The molecule has 0 amide bonds. The van der Waals surface area contributed by atoms with Crippen molar-refractivity contribution in [2.75, 3.05) is 0 Å². The van der Waals surface area contributed by atoms with Crippen LogP contribution < -0.4 is 0 Å². The van der Waals surface area contributed by atoms with Gasteiger partial charge < -0.3 is 0 Å². The van der Waals surface area contributed by atoms with Gasteiger partial charge in [-0.25, -0.2) is 18.7 Å². The zero-order valence-corrected chi connectivity index (χ0v) is 13.2. The predicted molar refractivity (Wildman–Crippen MR) is 80.8 cm³/mol. The Labute approximate surface area is 132 Å². The Bertz CT molecular complexity index is 848. The fourth-order valence-corrected chi connectivity index (χ4v) is 2.65. The van der Waals surface area contributed by atoms with Crippen LogP contribution in [-0.2, 0) is 5.88 Å². The molecule has 3 nitrogen and oxygen atoms in total. The van der Waals surface area contributed by atoms with Crippen molar-refractivity contribution in [1.29, 1.82) is 0 Å². The van der Waals surface area contributed by atoms with Gasteiger partial charge in [-0.15, -0.1) is 11.6 Å². The normalized spacial score (nSPS) is 11.3. The Hall–Kier alpha value is -1.53. The Morgan fingerprint density at radius 3 is 2.71 bits per heavy atom. The third-order valence-electron chi connectivity index (χ3n) is 3.05. The van der Waals surface area contributed by atoms with Gasteiger partial charge in [0.05, 0.1) is 16.0 Å². The highest BCUT2D eigenvalue weighted by molar-refractivity contribution is 9.10. The predicted octanol–water partition coefficient (Wildman–Crippen LogP) is 4.51. The van der Waals surface area contributed by atoms with Gasteiger partial charge in [0.25, 0.3) is 0 Å². The first-order valence-corrected chi connectivity index (χ1v) is 7.39. The Kier molecular flexibility index (Phi) is 3.67. The van der Waals surface area contributed by atoms with E-state index in [1.165, 1.54) is 10.6 Å². The molecule has 0 N–H and O–H groups in total. The number of imidazole rings is 1. The van der Waals surface area contributed by atoms with Crippen molar-refractivity contribution in [3.05, 3.63) is 51.9 Å². The Balaban J connectivity index is 2.36. The van der Waals surface area contributed by atoms with E-state index in [9.17, 15) is 8.78 Å². The molecule has 1 aromatic carbocycles. The highest BCUT2D eigenvalue weighted by atomic mass is 79.9. The first-order valence-electron chi connectivity index (χ1n) is 6.06. The molecule has 0 saturated heterocycles. The van der Waals surface area contributed by atoms with Gasteiger partial charge >= 0.3 is 0 Å². The van der Waals surface area contributed by atoms with Crippen LogP contribution in [0.5, 0.6) is 0 Å². The number of rotatable bonds is 2. The van der Waals surface area contributed by atoms with Crippen molar-refractivity contribution in [2.45, 2.75) is 12.8 Å². The topological polar surface area (TPSA) is 30.7 Å². The summed E-state index contributed by atoms with van der Waals surface area (Å²) in [7, 11) is 0. The number of benzene rings is 1. The average Bonchev–Trinajstić information content (AvgIpc) is 2.80. The summed E-state index contributed by atoms with van der Waals surface area (Å²) >= 11 is 8.96. The lowest BCUT2D eigenvalue weighted by Gasteiger charge is -2.09. The summed E-state index contributed by atoms with van der Waals surface area (Å²) in [6.07, 6.45) is 1.66. The van der Waals surface area contributed by atoms with E-state index >= 15 is 0 Å². The average molecular weight is 373 g/mol. The Morgan fingerprint density at radius 2 is 2.00 bits per heavy atom. The molecule has 0 bridgehead atoms. The van der Waals surface area contributed by atoms with Crippen LogP contribution in [0.3, 0.4) is 0 Å². The molecular formula is C14H9BrClF2N3. The van der Waals surface area contributed by atoms with E-state index in [0.717, 1.165) is 11.6 Å². The molecule has 0 fully saturated rings. The van der Waals surface area contributed by atoms with Crippen LogP contribution in [0.1, 0.15) is 11.4 Å². The summed E-state index contributed by atoms with van der Waals surface area (Å²) in [5, 5.41) is 0. The highest BCUT2D eigenvalue weighted by Crippen LogP contribution is 2.27. The molecule has 0 atom stereocenters. The summed E-state index contributed by atoms with van der Waals surface area (Å²) in [5.74, 6) is -0.841. The van der Waals surface area contributed by atoms with Crippen molar-refractivity contribution < 1.29 is 8.78 Å². The fraction of sp³-hybridized carbons (Fsp3) is 0.143. The zero-order chi connectivity index (χ0) is 15.1. The number of fused-ring (bicyclic) bond motifs is 1. The summed E-state index contributed by atoms with van der Waals surface area (Å²) in [5.41, 5.74) is 2.19. The molecule has 3 aromatic rings. The molecule has 108 valence electrons. The number of hydrogen-bond donors (Lipinski definition) is 0. The van der Waals surface area contributed by atoms with Crippen LogP contribution in [0.4, 0.5) is 8.78 Å². The quantitative estimate of drug-likeness (QED) is 0.489. The third-order valence-corrected chi connectivity index (χ3v) is 3.90. The van der Waals surface area contributed by atoms with Gasteiger partial charge in [-0.3, -0.25) is 4.57 Å². The van der Waals surface area contributed by atoms with Crippen LogP contribution in [0.15, 0.2) is 28.9 Å². The van der Waals surface area contributed by atoms with Gasteiger partial charge in [0.1, 0.15) is 23.0 Å². The minimum atomic E-state index is -0.705. The molecule has 3 rings (SSSR count). The van der Waals surface area contributed by atoms with Gasteiger partial charge in [0.2, 0.25) is 0 Å². The minimum Gasteiger partial charge on any atom is -0.277 e. The zero-order valence-electron chi connectivity index (χ0n) is 10.9. The molecular weight excluding hydrogens is 364 g/mol. The van der Waals surface area contributed by atoms with Gasteiger partial charge in [-0.1, -0.05) is 0 Å². The van der Waals surface area contributed by atoms with Crippen molar-refractivity contribution in [3.8, 4) is 5.69 Å². The second-order valence-corrected chi connectivity index (χ2v) is 5.69. The number of nitrogens with zero attached hydrogens (tertiary/aromatic N) is 3. The van der Waals surface area contributed by atoms with Crippen molar-refractivity contribution in [1.82, 2.24) is 14.5 Å². The molecule has 0 aliphatic rings. The molecule has 0 aliphatic carbocycles. The van der Waals surface area contributed by atoms with Crippen LogP contribution >= 0.6 is 27.5 Å². The highest BCUT2D eigenvalue weighted by Gasteiger charge is 2.18. The van der Waals surface area contributed by atoms with Crippen LogP contribution in [0.2, 0.25) is 0 Å². The molecule has 0 radical (unpaired) electrons. The monoisotopic (exact) mass is 371 g/mol. The molecule has 7 heteroatoms. The summed E-state index contributed by atoms with van der Waals surface area (Å²) in [6.45, 7) is 1.89. The van der Waals surface area contributed by atoms with Crippen LogP contribution in [-0.4, -0.2) is 14.5 Å². The standard InChI is InChI=1S/C14H9BrClF2N3/c1-7-2-11-14(19-6-7)21(13(5-16)20-11)12-3-8(15)9(17)4-10(12)18/h2-4,6H,5H2,1H3. The van der Waals surface area contributed by atoms with Crippen LogP contribution in [0.25, 0.3) is 16.9 Å². The molecule has 2 aromatic heterocycles. The maximum atomic E-state index is 14.1. The largest absolute Gasteiger partial charge is 0.277 e. The smallest absolute Gasteiger partial charge is 0.164 e. The van der Waals surface area contributed by atoms with Crippen molar-refractivity contribution in [3.63, 3.8) is 0 Å². The summed E-state index contributed by atoms with van der Waals surface area (Å²) in [6, 6.07) is 4.01. The number of alkyl halides is 1. The van der Waals surface area contributed by atoms with Gasteiger partial charge in [-0.2, -0.15) is 0 Å². The van der Waals surface area contributed by atoms with E-state index in [1.807, 2.05) is 13.0 Å². The second kappa shape index (κ2) is 5.35. The van der Waals surface area contributed by atoms with E-state index in [-0.39, 0.29) is 16.0 Å². The first-order chi connectivity index (χ1) is 10.0. The fourth-order valence-electron chi connectivity index (χ4n) is 2.14. The van der Waals surface area contributed by atoms with Gasteiger partial charge in [0, 0.05) is 12.3 Å². The molecule has 0 spiro atoms. The summed E-state index contributed by atoms with van der Waals surface area (Å²) in [4.78, 5) is 8.64. The number of halogens is 4. The molecule has 0 saturated carbocycles. The number of aromatic nitrogens is 3. The minimum absolute atomic E-state index is 0.0871. The number of aryl methyl sites for hydroxylation is 1. The van der Waals surface area contributed by atoms with Crippen LogP contribution in [0, 0.1) is 18.6 Å². The van der Waals surface area contributed by atoms with E-state index < -0.39 is 11.6 Å². The molecule has 0 aliphatic heterocycles. The lowest BCUT2D eigenvalue weighted by molar-refractivity contribution is 0.573. The summed E-state index contributed by atoms with van der Waals surface area (Å²) < 4.78 is 29.2. The van der Waals surface area contributed by atoms with Crippen molar-refractivity contribution >= 4 is 38.7 Å². The molecule has 21 heavy (non-hydrogen) atoms. The second-order valence-electron chi connectivity index (χ2n) is 4.57. The molecule has 0 unspecified atom stereocenters. The van der Waals surface area contributed by atoms with E-state index in [1.54, 1.807) is 6.20 Å². The van der Waals surface area contributed by atoms with E-state index in [0.29, 0.717) is 17.0 Å². The SMILES string of the molecule is Cc1cnc2c(c1)nc(CCl)n2-c1cc(Br)c(F)cc1F. The van der Waals surface area contributed by atoms with Gasteiger partial charge in [0.15, 0.2) is 5.65 Å². The van der Waals surface area contributed by atoms with E-state index in [2.05, 4.69) is 25.9 Å². The van der Waals surface area contributed by atoms with E-state index in [4.69, 9.17) is 11.6 Å². The molecule has 2 heterocycles. The maximum Gasteiger partial charge on any atom is 0.164 e. The number of pyridine rings is 1. The lowest BCUT2D eigenvalue weighted by atomic mass is 10.2. The number of hydrogen-bond acceptors (Lipinski definition) is 2. The third kappa shape index (κ3) is 2.42. The van der Waals surface area contributed by atoms with Gasteiger partial charge in [-0.05, 0) is 40.5 Å².